The number of phosphoric ester groups is 1. The highest BCUT2D eigenvalue weighted by molar-refractivity contribution is 7.49. The van der Waals surface area contributed by atoms with Crippen molar-refractivity contribution in [1.82, 2.24) is 9.55 Å². The molecule has 33 heavy (non-hydrogen) atoms. The van der Waals surface area contributed by atoms with E-state index in [9.17, 15) is 24.4 Å². The lowest BCUT2D eigenvalue weighted by Gasteiger charge is -2.42. The number of aliphatic hydroxyl groups is 2. The summed E-state index contributed by atoms with van der Waals surface area (Å²) in [5.41, 5.74) is -3.77. The van der Waals surface area contributed by atoms with E-state index in [-0.39, 0.29) is 12.4 Å². The van der Waals surface area contributed by atoms with Crippen LogP contribution in [0.5, 0.6) is 5.75 Å². The Bertz CT molecular complexity index is 1270. The van der Waals surface area contributed by atoms with Crippen molar-refractivity contribution >= 4 is 31.4 Å². The number of aryl methyl sites for hydroxylation is 1. The Balaban J connectivity index is 1.67. The van der Waals surface area contributed by atoms with Gasteiger partial charge in [-0.2, -0.15) is 0 Å². The maximum absolute atomic E-state index is 15.9. The fraction of sp³-hybridized carbons (Fsp3) is 0.412. The van der Waals surface area contributed by atoms with E-state index in [1.54, 1.807) is 25.1 Å². The number of aromatic amines is 1. The van der Waals surface area contributed by atoms with Crippen LogP contribution in [-0.2, 0) is 30.6 Å². The number of H-pyrrole nitrogens is 1. The number of ether oxygens (including phenoxy) is 1. The van der Waals surface area contributed by atoms with Gasteiger partial charge in [-0.25, -0.2) is 13.8 Å². The van der Waals surface area contributed by atoms with Gasteiger partial charge in [0, 0.05) is 17.8 Å². The third-order valence-electron chi connectivity index (χ3n) is 5.29. The number of alkyl halides is 1. The van der Waals surface area contributed by atoms with Gasteiger partial charge >= 0.3 is 13.5 Å². The van der Waals surface area contributed by atoms with Gasteiger partial charge in [-0.05, 0) is 12.5 Å². The lowest BCUT2D eigenvalue weighted by molar-refractivity contribution is -0.240. The van der Waals surface area contributed by atoms with Crippen LogP contribution in [0.25, 0.3) is 0 Å². The lowest BCUT2D eigenvalue weighted by atomic mass is 9.59. The minimum Gasteiger partial charge on any atom is -0.403 e. The molecular formula is C17H15B3FN2O9P. The summed E-state index contributed by atoms with van der Waals surface area (Å²) in [6.07, 6.45) is -4.20. The first-order chi connectivity index (χ1) is 15.2. The summed E-state index contributed by atoms with van der Waals surface area (Å²) in [4.78, 5) is 25.3. The van der Waals surface area contributed by atoms with Crippen molar-refractivity contribution in [1.29, 1.82) is 0 Å². The maximum Gasteiger partial charge on any atom is 0.529 e. The van der Waals surface area contributed by atoms with Crippen LogP contribution in [0.15, 0.2) is 40.1 Å². The molecule has 3 heterocycles. The Labute approximate surface area is 189 Å². The maximum atomic E-state index is 15.9. The summed E-state index contributed by atoms with van der Waals surface area (Å²) in [6, 6.07) is 5.81. The lowest BCUT2D eigenvalue weighted by Crippen LogP contribution is -2.60. The van der Waals surface area contributed by atoms with E-state index in [1.807, 2.05) is 4.98 Å². The molecule has 2 aliphatic rings. The first kappa shape index (κ1) is 24.0. The van der Waals surface area contributed by atoms with E-state index in [4.69, 9.17) is 41.8 Å². The molecular weight excluding hydrogens is 459 g/mol. The van der Waals surface area contributed by atoms with Crippen molar-refractivity contribution < 1.29 is 37.5 Å². The number of nitrogens with one attached hydrogen (secondary N) is 1. The first-order valence-electron chi connectivity index (χ1n) is 9.40. The van der Waals surface area contributed by atoms with Gasteiger partial charge in [-0.3, -0.25) is 23.4 Å². The molecule has 4 rings (SSSR count). The van der Waals surface area contributed by atoms with Gasteiger partial charge in [0.05, 0.1) is 12.0 Å². The molecule has 1 aromatic heterocycles. The van der Waals surface area contributed by atoms with Gasteiger partial charge in [0.2, 0.25) is 0 Å². The summed E-state index contributed by atoms with van der Waals surface area (Å²) < 4.78 is 49.6. The molecule has 16 heteroatoms. The molecule has 3 N–H and O–H groups in total. The number of benzene rings is 1. The van der Waals surface area contributed by atoms with Crippen LogP contribution in [0.1, 0.15) is 11.1 Å². The van der Waals surface area contributed by atoms with Crippen molar-refractivity contribution in [2.45, 2.75) is 42.6 Å². The van der Waals surface area contributed by atoms with Gasteiger partial charge in [0.15, 0.2) is 0 Å². The Hall–Kier alpha value is -2.15. The van der Waals surface area contributed by atoms with E-state index in [2.05, 4.69) is 0 Å². The van der Waals surface area contributed by atoms with Crippen molar-refractivity contribution in [3.63, 3.8) is 0 Å². The van der Waals surface area contributed by atoms with Crippen LogP contribution >= 0.6 is 7.82 Å². The molecule has 2 aliphatic heterocycles. The number of rotatable bonds is 4. The largest absolute Gasteiger partial charge is 0.529 e. The second-order valence-electron chi connectivity index (χ2n) is 7.63. The summed E-state index contributed by atoms with van der Waals surface area (Å²) in [6.45, 7) is 1.39. The second kappa shape index (κ2) is 7.69. The molecule has 0 saturated carbocycles. The number of fused-ring (bicyclic) bond motifs is 1. The molecule has 1 aromatic carbocycles. The van der Waals surface area contributed by atoms with Crippen molar-refractivity contribution in [3.8, 4) is 5.75 Å². The fourth-order valence-electron chi connectivity index (χ4n) is 3.52. The second-order valence-corrected chi connectivity index (χ2v) is 9.15. The summed E-state index contributed by atoms with van der Waals surface area (Å²) in [5.74, 6) is -3.62. The van der Waals surface area contributed by atoms with E-state index in [0.717, 1.165) is 12.3 Å². The zero-order chi connectivity index (χ0) is 24.4. The SMILES string of the molecule is [B]C([B])(OP1(=O)OCc2cccc(C)c2O1)[C@@]1(F)O[C@@]([B])(n2ccc(=O)[nH]c2=O)[C@H](O)[C@@H]1O. The highest BCUT2D eigenvalue weighted by atomic mass is 31.2. The molecule has 5 atom stereocenters. The number of hydrogen-bond acceptors (Lipinski definition) is 9. The minimum atomic E-state index is -4.68. The van der Waals surface area contributed by atoms with E-state index in [0.29, 0.717) is 15.7 Å². The zero-order valence-electron chi connectivity index (χ0n) is 17.0. The number of halogens is 1. The Morgan fingerprint density at radius 3 is 2.67 bits per heavy atom. The molecule has 0 bridgehead atoms. The van der Waals surface area contributed by atoms with Crippen molar-refractivity contribution in [3.05, 3.63) is 62.4 Å². The highest BCUT2D eigenvalue weighted by Crippen LogP contribution is 2.59. The van der Waals surface area contributed by atoms with Crippen molar-refractivity contribution in [2.75, 3.05) is 0 Å². The highest BCUT2D eigenvalue weighted by Gasteiger charge is 2.69. The first-order valence-corrected chi connectivity index (χ1v) is 10.9. The molecule has 1 fully saturated rings. The number of nitrogens with zero attached hydrogens (tertiary/aromatic N) is 1. The van der Waals surface area contributed by atoms with Crippen LogP contribution in [0.2, 0.25) is 0 Å². The topological polar surface area (TPSA) is 149 Å². The van der Waals surface area contributed by atoms with Gasteiger partial charge in [0.1, 0.15) is 47.1 Å². The molecule has 0 amide bonds. The van der Waals surface area contributed by atoms with Crippen LogP contribution < -0.4 is 15.8 Å². The molecule has 1 saturated heterocycles. The quantitative estimate of drug-likeness (QED) is 0.366. The van der Waals surface area contributed by atoms with E-state index >= 15 is 4.39 Å². The minimum absolute atomic E-state index is 0.136. The number of aromatic nitrogens is 2. The number of phosphoric acid groups is 1. The van der Waals surface area contributed by atoms with Crippen LogP contribution in [0.4, 0.5) is 4.39 Å². The third-order valence-corrected chi connectivity index (χ3v) is 6.66. The van der Waals surface area contributed by atoms with Gasteiger partial charge in [-0.1, -0.05) is 18.2 Å². The molecule has 0 spiro atoms. The van der Waals surface area contributed by atoms with Crippen LogP contribution in [0, 0.1) is 6.92 Å². The van der Waals surface area contributed by atoms with E-state index < -0.39 is 48.2 Å². The van der Waals surface area contributed by atoms with Gasteiger partial charge < -0.3 is 19.5 Å². The monoisotopic (exact) mass is 474 g/mol. The van der Waals surface area contributed by atoms with Crippen LogP contribution in [0.3, 0.4) is 0 Å². The average molecular weight is 474 g/mol. The van der Waals surface area contributed by atoms with Crippen molar-refractivity contribution in [2.24, 2.45) is 0 Å². The van der Waals surface area contributed by atoms with E-state index in [1.165, 1.54) is 0 Å². The summed E-state index contributed by atoms with van der Waals surface area (Å²) in [5, 5.41) is 17.5. The molecule has 2 aromatic rings. The number of aliphatic hydroxyl groups excluding tert-OH is 2. The Kier molecular flexibility index (Phi) is 5.59. The summed E-state index contributed by atoms with van der Waals surface area (Å²) in [7, 11) is 12.6. The summed E-state index contributed by atoms with van der Waals surface area (Å²) >= 11 is 0. The third kappa shape index (κ3) is 3.73. The molecule has 6 radical (unpaired) electrons. The predicted octanol–water partition coefficient (Wildman–Crippen LogP) is -1.23. The zero-order valence-corrected chi connectivity index (χ0v) is 17.9. The molecule has 0 aliphatic carbocycles. The van der Waals surface area contributed by atoms with Crippen LogP contribution in [-0.4, -0.2) is 66.8 Å². The smallest absolute Gasteiger partial charge is 0.403 e. The van der Waals surface area contributed by atoms with Gasteiger partial charge in [-0.15, -0.1) is 0 Å². The van der Waals surface area contributed by atoms with Gasteiger partial charge in [0.25, 0.3) is 11.4 Å². The Morgan fingerprint density at radius 2 is 2.00 bits per heavy atom. The molecule has 168 valence electrons. The fourth-order valence-corrected chi connectivity index (χ4v) is 4.94. The molecule has 11 nitrogen and oxygen atoms in total. The Morgan fingerprint density at radius 1 is 1.30 bits per heavy atom. The average Bonchev–Trinajstić information content (AvgIpc) is 2.90. The number of para-hydroxylation sites is 1. The standard InChI is InChI=1S/C17H15B3FN2O9P/c1-8-3-2-4-9-7-29-33(28,30-11(8)9)32-17(19,20)15(21)12(25)13(26)16(18,31-15)23-6-5-10(24)22-14(23)27/h2-6,12-13,25-26H,7H2,1H3,(H,22,24,27)/t12-,13+,15-,16-,33?/m0/s1. The predicted molar refractivity (Wildman–Crippen MR) is 112 cm³/mol. The molecule has 1 unspecified atom stereocenters. The normalized spacial score (nSPS) is 33.9. The number of hydrogen-bond donors (Lipinski definition) is 3.